The summed E-state index contributed by atoms with van der Waals surface area (Å²) in [4.78, 5) is 10.8. The van der Waals surface area contributed by atoms with Crippen molar-refractivity contribution < 1.29 is 14.6 Å². The van der Waals surface area contributed by atoms with E-state index in [1.165, 1.54) is 6.07 Å². The number of aromatic nitrogens is 2. The van der Waals surface area contributed by atoms with Crippen molar-refractivity contribution in [3.63, 3.8) is 0 Å². The second-order valence-electron chi connectivity index (χ2n) is 6.90. The molecule has 0 aliphatic heterocycles. The second-order valence-corrected chi connectivity index (χ2v) is 6.90. The molecule has 134 valence electrons. The number of halogens is 1. The monoisotopic (exact) mass is 345 g/mol. The van der Waals surface area contributed by atoms with E-state index in [1.54, 1.807) is 24.4 Å². The normalized spacial score (nSPS) is 26.3. The Morgan fingerprint density at radius 1 is 1.20 bits per heavy atom. The number of hydrogen-bond acceptors (Lipinski definition) is 5. The van der Waals surface area contributed by atoms with E-state index in [0.717, 1.165) is 5.69 Å². The average molecular weight is 345 g/mol. The molecule has 0 spiro atoms. The van der Waals surface area contributed by atoms with Crippen LogP contribution in [0.25, 0.3) is 11.4 Å². The number of nitrogens with zero attached hydrogens (tertiary/aromatic N) is 3. The Kier molecular flexibility index (Phi) is 5.42. The van der Waals surface area contributed by atoms with Gasteiger partial charge in [-0.2, -0.15) is 0 Å². The molecule has 4 atom stereocenters. The SMILES string of the molecule is CN(C)C1CC(O)C(CO)C1Cc1ccnc(-c2ccccc2F)n1. The molecular weight excluding hydrogens is 321 g/mol. The molecule has 4 unspecified atom stereocenters. The van der Waals surface area contributed by atoms with Crippen molar-refractivity contribution in [2.75, 3.05) is 20.7 Å². The van der Waals surface area contributed by atoms with E-state index in [-0.39, 0.29) is 30.3 Å². The Hall–Kier alpha value is -1.89. The number of hydrogen-bond donors (Lipinski definition) is 2. The molecule has 2 N–H and O–H groups in total. The maximum absolute atomic E-state index is 14.0. The fourth-order valence-electron chi connectivity index (χ4n) is 3.83. The molecule has 1 aliphatic carbocycles. The molecule has 1 aliphatic rings. The molecule has 1 aromatic heterocycles. The summed E-state index contributed by atoms with van der Waals surface area (Å²) in [5, 5.41) is 19.9. The van der Waals surface area contributed by atoms with Gasteiger partial charge in [-0.1, -0.05) is 12.1 Å². The topological polar surface area (TPSA) is 69.5 Å². The number of aliphatic hydroxyl groups excluding tert-OH is 2. The van der Waals surface area contributed by atoms with Crippen LogP contribution in [0.4, 0.5) is 4.39 Å². The fourth-order valence-corrected chi connectivity index (χ4v) is 3.83. The lowest BCUT2D eigenvalue weighted by atomic mass is 9.88. The predicted octanol–water partition coefficient (Wildman–Crippen LogP) is 1.74. The molecule has 0 amide bonds. The number of rotatable bonds is 5. The van der Waals surface area contributed by atoms with Crippen LogP contribution in [-0.2, 0) is 6.42 Å². The molecule has 2 aromatic rings. The van der Waals surface area contributed by atoms with Crippen LogP contribution < -0.4 is 0 Å². The van der Waals surface area contributed by atoms with Crippen LogP contribution in [0.15, 0.2) is 36.5 Å². The zero-order valence-corrected chi connectivity index (χ0v) is 14.5. The zero-order valence-electron chi connectivity index (χ0n) is 14.5. The Balaban J connectivity index is 1.87. The standard InChI is InChI=1S/C19H24FN3O2/c1-23(2)17-10-18(25)15(11-24)14(17)9-12-7-8-21-19(22-12)13-5-3-4-6-16(13)20/h3-8,14-15,17-18,24-25H,9-11H2,1-2H3. The lowest BCUT2D eigenvalue weighted by Gasteiger charge is -2.28. The van der Waals surface area contributed by atoms with E-state index < -0.39 is 6.10 Å². The van der Waals surface area contributed by atoms with E-state index in [9.17, 15) is 14.6 Å². The predicted molar refractivity (Wildman–Crippen MR) is 93.3 cm³/mol. The first kappa shape index (κ1) is 17.9. The summed E-state index contributed by atoms with van der Waals surface area (Å²) in [5.41, 5.74) is 1.16. The van der Waals surface area contributed by atoms with Crippen molar-refractivity contribution in [3.8, 4) is 11.4 Å². The summed E-state index contributed by atoms with van der Waals surface area (Å²) in [7, 11) is 3.96. The molecule has 5 nitrogen and oxygen atoms in total. The van der Waals surface area contributed by atoms with Crippen LogP contribution in [0, 0.1) is 17.7 Å². The van der Waals surface area contributed by atoms with Crippen LogP contribution in [0.5, 0.6) is 0 Å². The summed E-state index contributed by atoms with van der Waals surface area (Å²) in [5.74, 6) is -0.0934. The van der Waals surface area contributed by atoms with Gasteiger partial charge in [0.25, 0.3) is 0 Å². The molecule has 0 bridgehead atoms. The van der Waals surface area contributed by atoms with Gasteiger partial charge in [-0.15, -0.1) is 0 Å². The smallest absolute Gasteiger partial charge is 0.162 e. The summed E-state index contributed by atoms with van der Waals surface area (Å²) in [6.45, 7) is -0.0541. The Bertz CT molecular complexity index is 725. The maximum atomic E-state index is 14.0. The molecule has 1 heterocycles. The van der Waals surface area contributed by atoms with Gasteiger partial charge in [-0.3, -0.25) is 0 Å². The Morgan fingerprint density at radius 2 is 1.96 bits per heavy atom. The molecule has 1 aromatic carbocycles. The first-order valence-electron chi connectivity index (χ1n) is 8.53. The van der Waals surface area contributed by atoms with E-state index >= 15 is 0 Å². The summed E-state index contributed by atoms with van der Waals surface area (Å²) >= 11 is 0. The van der Waals surface area contributed by atoms with Crippen molar-refractivity contribution in [1.82, 2.24) is 14.9 Å². The highest BCUT2D eigenvalue weighted by Gasteiger charge is 2.43. The Morgan fingerprint density at radius 3 is 2.64 bits per heavy atom. The van der Waals surface area contributed by atoms with Crippen LogP contribution in [-0.4, -0.2) is 57.9 Å². The highest BCUT2D eigenvalue weighted by Crippen LogP contribution is 2.36. The van der Waals surface area contributed by atoms with Crippen molar-refractivity contribution in [2.24, 2.45) is 11.8 Å². The van der Waals surface area contributed by atoms with Crippen molar-refractivity contribution >= 4 is 0 Å². The van der Waals surface area contributed by atoms with Gasteiger partial charge in [0.2, 0.25) is 0 Å². The summed E-state index contributed by atoms with van der Waals surface area (Å²) in [6.07, 6.45) is 2.35. The summed E-state index contributed by atoms with van der Waals surface area (Å²) in [6, 6.07) is 8.42. The molecule has 1 saturated carbocycles. The minimum Gasteiger partial charge on any atom is -0.396 e. The van der Waals surface area contributed by atoms with Crippen LogP contribution in [0.1, 0.15) is 12.1 Å². The second kappa shape index (κ2) is 7.56. The van der Waals surface area contributed by atoms with Gasteiger partial charge in [-0.05, 0) is 51.1 Å². The fraction of sp³-hybridized carbons (Fsp3) is 0.474. The van der Waals surface area contributed by atoms with Crippen LogP contribution in [0.2, 0.25) is 0 Å². The first-order valence-corrected chi connectivity index (χ1v) is 8.53. The third kappa shape index (κ3) is 3.71. The van der Waals surface area contributed by atoms with E-state index in [1.807, 2.05) is 20.2 Å². The minimum atomic E-state index is -0.518. The Labute approximate surface area is 147 Å². The van der Waals surface area contributed by atoms with Gasteiger partial charge in [0.15, 0.2) is 5.82 Å². The molecule has 0 saturated heterocycles. The molecule has 6 heteroatoms. The molecule has 0 radical (unpaired) electrons. The third-order valence-corrected chi connectivity index (χ3v) is 5.17. The quantitative estimate of drug-likeness (QED) is 0.864. The highest BCUT2D eigenvalue weighted by molar-refractivity contribution is 5.55. The van der Waals surface area contributed by atoms with Gasteiger partial charge in [0.1, 0.15) is 5.82 Å². The van der Waals surface area contributed by atoms with Gasteiger partial charge in [0, 0.05) is 30.5 Å². The van der Waals surface area contributed by atoms with E-state index in [2.05, 4.69) is 14.9 Å². The molecular formula is C19H24FN3O2. The van der Waals surface area contributed by atoms with Gasteiger partial charge >= 0.3 is 0 Å². The zero-order chi connectivity index (χ0) is 18.0. The maximum Gasteiger partial charge on any atom is 0.162 e. The number of benzene rings is 1. The van der Waals surface area contributed by atoms with Gasteiger partial charge < -0.3 is 15.1 Å². The first-order chi connectivity index (χ1) is 12.0. The summed E-state index contributed by atoms with van der Waals surface area (Å²) < 4.78 is 14.0. The molecule has 1 fully saturated rings. The average Bonchev–Trinajstić information content (AvgIpc) is 2.91. The van der Waals surface area contributed by atoms with E-state index in [0.29, 0.717) is 24.2 Å². The van der Waals surface area contributed by atoms with Crippen molar-refractivity contribution in [2.45, 2.75) is 25.0 Å². The minimum absolute atomic E-state index is 0.0541. The van der Waals surface area contributed by atoms with Crippen molar-refractivity contribution in [1.29, 1.82) is 0 Å². The van der Waals surface area contributed by atoms with Crippen LogP contribution >= 0.6 is 0 Å². The largest absolute Gasteiger partial charge is 0.396 e. The number of aliphatic hydroxyl groups is 2. The lowest BCUT2D eigenvalue weighted by molar-refractivity contribution is 0.0707. The van der Waals surface area contributed by atoms with Crippen molar-refractivity contribution in [3.05, 3.63) is 48.0 Å². The van der Waals surface area contributed by atoms with Crippen LogP contribution in [0.3, 0.4) is 0 Å². The molecule has 25 heavy (non-hydrogen) atoms. The highest BCUT2D eigenvalue weighted by atomic mass is 19.1. The molecule has 3 rings (SSSR count). The van der Waals surface area contributed by atoms with E-state index in [4.69, 9.17) is 0 Å². The van der Waals surface area contributed by atoms with Gasteiger partial charge in [0.05, 0.1) is 11.7 Å². The third-order valence-electron chi connectivity index (χ3n) is 5.17. The van der Waals surface area contributed by atoms with Gasteiger partial charge in [-0.25, -0.2) is 14.4 Å². The lowest BCUT2D eigenvalue weighted by Crippen LogP contribution is -2.35.